The lowest BCUT2D eigenvalue weighted by molar-refractivity contribution is 0.443. The van der Waals surface area contributed by atoms with Gasteiger partial charge in [-0.1, -0.05) is 0 Å². The number of thiophene rings is 1. The fraction of sp³-hybridized carbons (Fsp3) is 0.667. The number of hydrogen-bond acceptors (Lipinski definition) is 5. The maximum Gasteiger partial charge on any atom is 0.215 e. The van der Waals surface area contributed by atoms with E-state index in [1.54, 1.807) is 27.4 Å². The first-order valence-electron chi connectivity index (χ1n) is 8.14. The largest absolute Gasteiger partial charge is 0.357 e. The number of aliphatic imine (C=N–C) groups is 1. The fourth-order valence-electron chi connectivity index (χ4n) is 2.32. The zero-order valence-corrected chi connectivity index (χ0v) is 19.4. The minimum Gasteiger partial charge on any atom is -0.357 e. The molecule has 25 heavy (non-hydrogen) atoms. The van der Waals surface area contributed by atoms with Gasteiger partial charge in [-0.25, -0.2) is 17.7 Å². The highest BCUT2D eigenvalue weighted by Gasteiger charge is 2.23. The van der Waals surface area contributed by atoms with Crippen molar-refractivity contribution < 1.29 is 8.42 Å². The van der Waals surface area contributed by atoms with Crippen molar-refractivity contribution in [2.24, 2.45) is 4.99 Å². The normalized spacial score (nSPS) is 16.3. The van der Waals surface area contributed by atoms with Gasteiger partial charge in [0.25, 0.3) is 0 Å². The van der Waals surface area contributed by atoms with Gasteiger partial charge in [0.2, 0.25) is 10.0 Å². The van der Waals surface area contributed by atoms with Crippen LogP contribution in [0.15, 0.2) is 17.1 Å². The number of aryl methyl sites for hydroxylation is 1. The minimum absolute atomic E-state index is 0. The Labute approximate surface area is 176 Å². The van der Waals surface area contributed by atoms with E-state index in [1.165, 1.54) is 9.75 Å². The molecule has 144 valence electrons. The van der Waals surface area contributed by atoms with E-state index < -0.39 is 10.0 Å². The molecule has 1 aliphatic heterocycles. The van der Waals surface area contributed by atoms with Crippen LogP contribution in [0.5, 0.6) is 0 Å². The SMILES string of the molecule is CCNC(=NCc1ccc(C)s1)NCCS(=O)(=O)N1CCSCC1.I. The Morgan fingerprint density at radius 1 is 1.28 bits per heavy atom. The molecule has 10 heteroatoms. The van der Waals surface area contributed by atoms with Crippen LogP contribution in [0.25, 0.3) is 0 Å². The first-order valence-corrected chi connectivity index (χ1v) is 11.7. The molecule has 1 saturated heterocycles. The predicted molar refractivity (Wildman–Crippen MR) is 120 cm³/mol. The van der Waals surface area contributed by atoms with Gasteiger partial charge >= 0.3 is 0 Å². The van der Waals surface area contributed by atoms with Gasteiger partial charge in [0.05, 0.1) is 12.3 Å². The number of nitrogens with one attached hydrogen (secondary N) is 2. The van der Waals surface area contributed by atoms with Crippen molar-refractivity contribution in [3.05, 3.63) is 21.9 Å². The average Bonchev–Trinajstić information content (AvgIpc) is 2.99. The van der Waals surface area contributed by atoms with E-state index in [4.69, 9.17) is 0 Å². The Hall–Kier alpha value is -0.0400. The van der Waals surface area contributed by atoms with Crippen LogP contribution in [0, 0.1) is 6.92 Å². The quantitative estimate of drug-likeness (QED) is 0.329. The molecule has 0 bridgehead atoms. The van der Waals surface area contributed by atoms with E-state index in [1.807, 2.05) is 6.92 Å². The number of guanidine groups is 1. The van der Waals surface area contributed by atoms with Gasteiger partial charge in [0, 0.05) is 47.4 Å². The lowest BCUT2D eigenvalue weighted by atomic mass is 10.4. The molecule has 2 heterocycles. The zero-order chi connectivity index (χ0) is 17.4. The second-order valence-electron chi connectivity index (χ2n) is 5.46. The zero-order valence-electron chi connectivity index (χ0n) is 14.7. The molecule has 0 atom stereocenters. The standard InChI is InChI=1S/C15H26N4O2S3.HI/c1-3-16-15(18-12-14-5-4-13(2)23-14)17-6-11-24(20,21)19-7-9-22-10-8-19;/h4-5H,3,6-12H2,1-2H3,(H2,16,17,18);1H. The van der Waals surface area contributed by atoms with Gasteiger partial charge in [-0.05, 0) is 26.0 Å². The summed E-state index contributed by atoms with van der Waals surface area (Å²) in [6.07, 6.45) is 0. The smallest absolute Gasteiger partial charge is 0.215 e. The molecule has 0 unspecified atom stereocenters. The summed E-state index contributed by atoms with van der Waals surface area (Å²) in [6, 6.07) is 4.16. The number of nitrogens with zero attached hydrogens (tertiary/aromatic N) is 2. The molecule has 1 aliphatic rings. The van der Waals surface area contributed by atoms with E-state index in [-0.39, 0.29) is 29.7 Å². The minimum atomic E-state index is -3.18. The van der Waals surface area contributed by atoms with Crippen LogP contribution in [-0.2, 0) is 16.6 Å². The van der Waals surface area contributed by atoms with Crippen molar-refractivity contribution in [2.75, 3.05) is 43.4 Å². The summed E-state index contributed by atoms with van der Waals surface area (Å²) < 4.78 is 26.3. The summed E-state index contributed by atoms with van der Waals surface area (Å²) in [5.41, 5.74) is 0. The first kappa shape index (κ1) is 23.0. The Bertz CT molecular complexity index is 643. The van der Waals surface area contributed by atoms with E-state index in [2.05, 4.69) is 34.7 Å². The highest BCUT2D eigenvalue weighted by Crippen LogP contribution is 2.15. The molecule has 2 rings (SSSR count). The van der Waals surface area contributed by atoms with Crippen molar-refractivity contribution in [1.82, 2.24) is 14.9 Å². The van der Waals surface area contributed by atoms with Crippen LogP contribution >= 0.6 is 47.1 Å². The molecule has 0 saturated carbocycles. The third kappa shape index (κ3) is 8.02. The van der Waals surface area contributed by atoms with Gasteiger partial charge in [-0.2, -0.15) is 11.8 Å². The van der Waals surface area contributed by atoms with E-state index in [9.17, 15) is 8.42 Å². The summed E-state index contributed by atoms with van der Waals surface area (Å²) in [4.78, 5) is 6.99. The van der Waals surface area contributed by atoms with Gasteiger partial charge in [0.15, 0.2) is 5.96 Å². The van der Waals surface area contributed by atoms with Crippen LogP contribution in [0.1, 0.15) is 16.7 Å². The summed E-state index contributed by atoms with van der Waals surface area (Å²) in [5, 5.41) is 6.28. The molecule has 1 aromatic rings. The van der Waals surface area contributed by atoms with Crippen LogP contribution in [0.3, 0.4) is 0 Å². The molecule has 6 nitrogen and oxygen atoms in total. The summed E-state index contributed by atoms with van der Waals surface area (Å²) in [7, 11) is -3.18. The first-order chi connectivity index (χ1) is 11.5. The summed E-state index contributed by atoms with van der Waals surface area (Å²) in [5.74, 6) is 2.53. The Morgan fingerprint density at radius 2 is 2.00 bits per heavy atom. The predicted octanol–water partition coefficient (Wildman–Crippen LogP) is 2.11. The Morgan fingerprint density at radius 3 is 2.60 bits per heavy atom. The van der Waals surface area contributed by atoms with Gasteiger partial charge in [-0.15, -0.1) is 35.3 Å². The van der Waals surface area contributed by atoms with Crippen LogP contribution in [0.4, 0.5) is 0 Å². The van der Waals surface area contributed by atoms with Crippen LogP contribution in [-0.4, -0.2) is 62.1 Å². The maximum absolute atomic E-state index is 12.3. The molecule has 2 N–H and O–H groups in total. The van der Waals surface area contributed by atoms with Crippen LogP contribution < -0.4 is 10.6 Å². The molecule has 1 aromatic heterocycles. The van der Waals surface area contributed by atoms with Gasteiger partial charge < -0.3 is 10.6 Å². The highest BCUT2D eigenvalue weighted by atomic mass is 127. The topological polar surface area (TPSA) is 73.8 Å². The number of halogens is 1. The molecule has 0 aromatic carbocycles. The molecular weight excluding hydrogens is 491 g/mol. The number of thioether (sulfide) groups is 1. The third-order valence-electron chi connectivity index (χ3n) is 3.55. The van der Waals surface area contributed by atoms with E-state index >= 15 is 0 Å². The Kier molecular flexibility index (Phi) is 10.7. The molecule has 0 spiro atoms. The Balaban J connectivity index is 0.00000312. The average molecular weight is 519 g/mol. The third-order valence-corrected chi connectivity index (χ3v) is 7.35. The van der Waals surface area contributed by atoms with Crippen molar-refractivity contribution in [1.29, 1.82) is 0 Å². The monoisotopic (exact) mass is 518 g/mol. The maximum atomic E-state index is 12.3. The van der Waals surface area contributed by atoms with Crippen LogP contribution in [0.2, 0.25) is 0 Å². The molecule has 0 aliphatic carbocycles. The molecule has 0 amide bonds. The lowest BCUT2D eigenvalue weighted by Gasteiger charge is -2.25. The number of rotatable bonds is 7. The number of sulfonamides is 1. The molecule has 0 radical (unpaired) electrons. The van der Waals surface area contributed by atoms with Gasteiger partial charge in [-0.3, -0.25) is 0 Å². The fourth-order valence-corrected chi connectivity index (χ4v) is 5.63. The van der Waals surface area contributed by atoms with Crippen molar-refractivity contribution >= 4 is 63.1 Å². The van der Waals surface area contributed by atoms with E-state index in [0.717, 1.165) is 18.1 Å². The second kappa shape index (κ2) is 11.6. The van der Waals surface area contributed by atoms with Gasteiger partial charge in [0.1, 0.15) is 0 Å². The number of hydrogen-bond donors (Lipinski definition) is 2. The summed E-state index contributed by atoms with van der Waals surface area (Å²) >= 11 is 3.53. The van der Waals surface area contributed by atoms with Crippen molar-refractivity contribution in [3.8, 4) is 0 Å². The van der Waals surface area contributed by atoms with Crippen molar-refractivity contribution in [2.45, 2.75) is 20.4 Å². The van der Waals surface area contributed by atoms with Crippen molar-refractivity contribution in [3.63, 3.8) is 0 Å². The lowest BCUT2D eigenvalue weighted by Crippen LogP contribution is -2.44. The molecule has 1 fully saturated rings. The second-order valence-corrected chi connectivity index (χ2v) is 10.1. The summed E-state index contributed by atoms with van der Waals surface area (Å²) in [6.45, 7) is 7.02. The van der Waals surface area contributed by atoms with E-state index in [0.29, 0.717) is 32.1 Å². The highest BCUT2D eigenvalue weighted by molar-refractivity contribution is 14.0. The molecular formula is C15H27IN4O2S3.